The Hall–Kier alpha value is -1.19. The fourth-order valence-corrected chi connectivity index (χ4v) is 4.59. The van der Waals surface area contributed by atoms with Crippen molar-refractivity contribution in [2.24, 2.45) is 5.92 Å². The monoisotopic (exact) mass is 347 g/mol. The molecule has 0 spiro atoms. The summed E-state index contributed by atoms with van der Waals surface area (Å²) in [5, 5.41) is 14.4. The van der Waals surface area contributed by atoms with E-state index in [9.17, 15) is 18.5 Å². The highest BCUT2D eigenvalue weighted by Crippen LogP contribution is 2.36. The molecular formula is C13H21N3O4S2. The molecule has 1 fully saturated rings. The molecule has 0 aliphatic carbocycles. The van der Waals surface area contributed by atoms with Crippen LogP contribution in [0.25, 0.3) is 0 Å². The molecule has 124 valence electrons. The molecule has 1 aromatic heterocycles. The fraction of sp³-hybridized carbons (Fsp3) is 0.692. The molecule has 1 saturated heterocycles. The van der Waals surface area contributed by atoms with Gasteiger partial charge in [0.05, 0.1) is 4.92 Å². The average Bonchev–Trinajstić information content (AvgIpc) is 2.83. The minimum absolute atomic E-state index is 0.0216. The predicted octanol–water partition coefficient (Wildman–Crippen LogP) is 2.20. The number of likely N-dealkylation sites (tertiary alicyclic amines) is 1. The average molecular weight is 347 g/mol. The van der Waals surface area contributed by atoms with Crippen molar-refractivity contribution in [3.8, 4) is 0 Å². The van der Waals surface area contributed by atoms with E-state index in [0.29, 0.717) is 17.5 Å². The molecule has 0 amide bonds. The zero-order chi connectivity index (χ0) is 16.3. The van der Waals surface area contributed by atoms with Crippen LogP contribution in [0.2, 0.25) is 0 Å². The predicted molar refractivity (Wildman–Crippen MR) is 87.4 cm³/mol. The summed E-state index contributed by atoms with van der Waals surface area (Å²) in [5.41, 5.74) is -0.169. The summed E-state index contributed by atoms with van der Waals surface area (Å²) in [6.07, 6.45) is 3.48. The molecule has 1 atom stereocenters. The lowest BCUT2D eigenvalue weighted by atomic mass is 10.0. The number of sulfone groups is 1. The van der Waals surface area contributed by atoms with E-state index in [1.807, 2.05) is 0 Å². The van der Waals surface area contributed by atoms with Crippen LogP contribution in [-0.4, -0.2) is 50.7 Å². The first-order valence-electron chi connectivity index (χ1n) is 7.22. The Kier molecular flexibility index (Phi) is 5.41. The molecule has 1 aliphatic rings. The second-order valence-corrected chi connectivity index (χ2v) is 9.08. The standard InChI is InChI=1S/C13H21N3O4S2/c1-10-4-3-6-15(9-10)7-5-14-13-11(16(17)18)8-12(21-13)22(2,19)20/h8,10,14H,3-7,9H2,1-2H3. The van der Waals surface area contributed by atoms with Gasteiger partial charge in [0.1, 0.15) is 4.21 Å². The number of anilines is 1. The van der Waals surface area contributed by atoms with Gasteiger partial charge in [-0.25, -0.2) is 8.42 Å². The normalized spacial score (nSPS) is 20.0. The summed E-state index contributed by atoms with van der Waals surface area (Å²) < 4.78 is 23.1. The number of nitro groups is 1. The van der Waals surface area contributed by atoms with Crippen molar-refractivity contribution in [1.29, 1.82) is 0 Å². The zero-order valence-corrected chi connectivity index (χ0v) is 14.4. The number of nitrogens with one attached hydrogen (secondary N) is 1. The Morgan fingerprint density at radius 1 is 1.55 bits per heavy atom. The molecule has 9 heteroatoms. The van der Waals surface area contributed by atoms with Gasteiger partial charge in [0, 0.05) is 32.0 Å². The largest absolute Gasteiger partial charge is 0.370 e. The number of nitrogens with zero attached hydrogens (tertiary/aromatic N) is 2. The van der Waals surface area contributed by atoms with Crippen LogP contribution < -0.4 is 5.32 Å². The van der Waals surface area contributed by atoms with Crippen LogP contribution in [0.1, 0.15) is 19.8 Å². The second kappa shape index (κ2) is 6.93. The van der Waals surface area contributed by atoms with Crippen LogP contribution in [0.4, 0.5) is 10.7 Å². The van der Waals surface area contributed by atoms with E-state index >= 15 is 0 Å². The zero-order valence-electron chi connectivity index (χ0n) is 12.7. The van der Waals surface area contributed by atoms with Crippen LogP contribution in [0.5, 0.6) is 0 Å². The summed E-state index contributed by atoms with van der Waals surface area (Å²) in [4.78, 5) is 12.8. The van der Waals surface area contributed by atoms with Crippen LogP contribution >= 0.6 is 11.3 Å². The molecule has 0 radical (unpaired) electrons. The second-order valence-electron chi connectivity index (χ2n) is 5.78. The van der Waals surface area contributed by atoms with Crippen molar-refractivity contribution < 1.29 is 13.3 Å². The molecule has 1 N–H and O–H groups in total. The fourth-order valence-electron chi connectivity index (χ4n) is 2.62. The molecule has 0 bridgehead atoms. The topological polar surface area (TPSA) is 92.6 Å². The summed E-state index contributed by atoms with van der Waals surface area (Å²) in [5.74, 6) is 0.682. The minimum atomic E-state index is -3.43. The van der Waals surface area contributed by atoms with Crippen molar-refractivity contribution in [2.45, 2.75) is 24.0 Å². The first-order chi connectivity index (χ1) is 10.3. The van der Waals surface area contributed by atoms with E-state index in [2.05, 4.69) is 17.1 Å². The maximum absolute atomic E-state index is 11.5. The van der Waals surface area contributed by atoms with E-state index in [-0.39, 0.29) is 9.90 Å². The van der Waals surface area contributed by atoms with Crippen LogP contribution in [0, 0.1) is 16.0 Å². The Bertz CT molecular complexity index is 642. The molecule has 1 aromatic rings. The first-order valence-corrected chi connectivity index (χ1v) is 9.92. The van der Waals surface area contributed by atoms with Gasteiger partial charge in [0.15, 0.2) is 14.8 Å². The van der Waals surface area contributed by atoms with Crippen molar-refractivity contribution in [2.75, 3.05) is 37.8 Å². The molecule has 0 saturated carbocycles. The first kappa shape index (κ1) is 17.2. The summed E-state index contributed by atoms with van der Waals surface area (Å²) in [6.45, 7) is 5.68. The molecule has 2 rings (SSSR count). The molecular weight excluding hydrogens is 326 g/mol. The Labute approximate surface area is 134 Å². The molecule has 2 heterocycles. The van der Waals surface area contributed by atoms with Gasteiger partial charge >= 0.3 is 5.69 Å². The Balaban J connectivity index is 1.99. The van der Waals surface area contributed by atoms with Crippen molar-refractivity contribution >= 4 is 31.9 Å². The van der Waals surface area contributed by atoms with Crippen LogP contribution in [-0.2, 0) is 9.84 Å². The number of rotatable bonds is 6. The van der Waals surface area contributed by atoms with Gasteiger partial charge in [-0.15, -0.1) is 0 Å². The van der Waals surface area contributed by atoms with E-state index in [1.165, 1.54) is 12.8 Å². The minimum Gasteiger partial charge on any atom is -0.370 e. The summed E-state index contributed by atoms with van der Waals surface area (Å²) in [6, 6.07) is 1.13. The highest BCUT2D eigenvalue weighted by molar-refractivity contribution is 7.92. The quantitative estimate of drug-likeness (QED) is 0.626. The van der Waals surface area contributed by atoms with Crippen molar-refractivity contribution in [3.63, 3.8) is 0 Å². The molecule has 7 nitrogen and oxygen atoms in total. The van der Waals surface area contributed by atoms with E-state index in [1.54, 1.807) is 0 Å². The Morgan fingerprint density at radius 2 is 2.27 bits per heavy atom. The smallest absolute Gasteiger partial charge is 0.304 e. The van der Waals surface area contributed by atoms with Gasteiger partial charge in [0.25, 0.3) is 0 Å². The number of hydrogen-bond acceptors (Lipinski definition) is 7. The SMILES string of the molecule is CC1CCCN(CCNc2sc(S(C)(=O)=O)cc2[N+](=O)[O-])C1. The highest BCUT2D eigenvalue weighted by atomic mass is 32.2. The van der Waals surface area contributed by atoms with Gasteiger partial charge in [-0.3, -0.25) is 10.1 Å². The lowest BCUT2D eigenvalue weighted by Gasteiger charge is -2.30. The molecule has 1 aliphatic heterocycles. The highest BCUT2D eigenvalue weighted by Gasteiger charge is 2.23. The lowest BCUT2D eigenvalue weighted by Crippen LogP contribution is -2.37. The van der Waals surface area contributed by atoms with E-state index in [4.69, 9.17) is 0 Å². The van der Waals surface area contributed by atoms with Gasteiger partial charge < -0.3 is 10.2 Å². The summed E-state index contributed by atoms with van der Waals surface area (Å²) in [7, 11) is -3.43. The van der Waals surface area contributed by atoms with Gasteiger partial charge in [0.2, 0.25) is 0 Å². The van der Waals surface area contributed by atoms with Crippen molar-refractivity contribution in [1.82, 2.24) is 4.90 Å². The van der Waals surface area contributed by atoms with Crippen LogP contribution in [0.15, 0.2) is 10.3 Å². The number of piperidine rings is 1. The molecule has 22 heavy (non-hydrogen) atoms. The van der Waals surface area contributed by atoms with E-state index < -0.39 is 14.8 Å². The van der Waals surface area contributed by atoms with E-state index in [0.717, 1.165) is 43.3 Å². The van der Waals surface area contributed by atoms with Gasteiger partial charge in [-0.05, 0) is 25.3 Å². The third kappa shape index (κ3) is 4.40. The van der Waals surface area contributed by atoms with Crippen molar-refractivity contribution in [3.05, 3.63) is 16.2 Å². The molecule has 0 aromatic carbocycles. The summed E-state index contributed by atoms with van der Waals surface area (Å²) >= 11 is 0.923. The maximum Gasteiger partial charge on any atom is 0.304 e. The number of thiophene rings is 1. The third-order valence-electron chi connectivity index (χ3n) is 3.71. The van der Waals surface area contributed by atoms with Crippen LogP contribution in [0.3, 0.4) is 0 Å². The lowest BCUT2D eigenvalue weighted by molar-refractivity contribution is -0.383. The maximum atomic E-state index is 11.5. The van der Waals surface area contributed by atoms with Gasteiger partial charge in [-0.2, -0.15) is 0 Å². The van der Waals surface area contributed by atoms with Gasteiger partial charge in [-0.1, -0.05) is 18.3 Å². The number of hydrogen-bond donors (Lipinski definition) is 1. The molecule has 1 unspecified atom stereocenters. The Morgan fingerprint density at radius 3 is 2.86 bits per heavy atom. The third-order valence-corrected chi connectivity index (χ3v) is 6.59.